The van der Waals surface area contributed by atoms with E-state index >= 15 is 0 Å². The highest BCUT2D eigenvalue weighted by Crippen LogP contribution is 2.48. The molecule has 1 aliphatic carbocycles. The Hall–Kier alpha value is -1.60. The second-order valence-corrected chi connectivity index (χ2v) is 8.10. The maximum absolute atomic E-state index is 10.6. The summed E-state index contributed by atoms with van der Waals surface area (Å²) in [6.45, 7) is 4.48. The van der Waals surface area contributed by atoms with Gasteiger partial charge in [-0.1, -0.05) is 6.08 Å². The van der Waals surface area contributed by atoms with Gasteiger partial charge >= 0.3 is 0 Å². The third-order valence-corrected chi connectivity index (χ3v) is 5.61. The number of aliphatic hydroxyl groups excluding tert-OH is 3. The van der Waals surface area contributed by atoms with Crippen LogP contribution in [0.25, 0.3) is 0 Å². The molecule has 0 saturated heterocycles. The number of hydrogen-bond donors (Lipinski definition) is 6. The second kappa shape index (κ2) is 8.61. The SMILES string of the molecule is CC1=CC(c2c(O)cc(CCCC(C)O)cc2O)[C@H](C(C)(O)CO)CC1O. The van der Waals surface area contributed by atoms with Crippen molar-refractivity contribution < 1.29 is 30.6 Å². The Balaban J connectivity index is 2.38. The molecule has 5 atom stereocenters. The van der Waals surface area contributed by atoms with Crippen LogP contribution in [0.15, 0.2) is 23.8 Å². The average molecular weight is 380 g/mol. The van der Waals surface area contributed by atoms with E-state index in [1.807, 2.05) is 0 Å². The Kier molecular flexibility index (Phi) is 6.92. The van der Waals surface area contributed by atoms with E-state index in [4.69, 9.17) is 0 Å². The first-order chi connectivity index (χ1) is 12.6. The largest absolute Gasteiger partial charge is 0.507 e. The minimum Gasteiger partial charge on any atom is -0.507 e. The van der Waals surface area contributed by atoms with Crippen molar-refractivity contribution in [2.24, 2.45) is 5.92 Å². The summed E-state index contributed by atoms with van der Waals surface area (Å²) in [5.41, 5.74) is 0.276. The lowest BCUT2D eigenvalue weighted by Gasteiger charge is -2.41. The van der Waals surface area contributed by atoms with Crippen LogP contribution in [0.2, 0.25) is 0 Å². The van der Waals surface area contributed by atoms with Crippen molar-refractivity contribution >= 4 is 0 Å². The van der Waals surface area contributed by atoms with Gasteiger partial charge in [0.25, 0.3) is 0 Å². The molecule has 4 unspecified atom stereocenters. The van der Waals surface area contributed by atoms with Crippen LogP contribution in [0, 0.1) is 5.92 Å². The Morgan fingerprint density at radius 3 is 2.33 bits per heavy atom. The zero-order valence-corrected chi connectivity index (χ0v) is 16.3. The topological polar surface area (TPSA) is 121 Å². The molecule has 152 valence electrons. The Morgan fingerprint density at radius 1 is 1.22 bits per heavy atom. The third-order valence-electron chi connectivity index (χ3n) is 5.61. The first-order valence-electron chi connectivity index (χ1n) is 9.49. The molecule has 2 rings (SSSR count). The minimum atomic E-state index is -1.47. The maximum Gasteiger partial charge on any atom is 0.123 e. The first kappa shape index (κ1) is 21.7. The van der Waals surface area contributed by atoms with Gasteiger partial charge in [-0.25, -0.2) is 0 Å². The molecule has 0 spiro atoms. The fourth-order valence-corrected chi connectivity index (χ4v) is 3.89. The van der Waals surface area contributed by atoms with Gasteiger partial charge in [0.1, 0.15) is 11.5 Å². The molecular formula is C21H32O6. The molecule has 6 nitrogen and oxygen atoms in total. The number of hydrogen-bond acceptors (Lipinski definition) is 6. The van der Waals surface area contributed by atoms with Crippen molar-refractivity contribution in [2.75, 3.05) is 6.61 Å². The van der Waals surface area contributed by atoms with Crippen LogP contribution in [-0.2, 0) is 6.42 Å². The van der Waals surface area contributed by atoms with Gasteiger partial charge in [-0.15, -0.1) is 0 Å². The molecule has 0 bridgehead atoms. The highest BCUT2D eigenvalue weighted by atomic mass is 16.3. The van der Waals surface area contributed by atoms with E-state index in [0.29, 0.717) is 24.0 Å². The number of allylic oxidation sites excluding steroid dienone is 1. The Morgan fingerprint density at radius 2 is 1.81 bits per heavy atom. The third kappa shape index (κ3) is 5.02. The van der Waals surface area contributed by atoms with Crippen LogP contribution in [0.5, 0.6) is 11.5 Å². The standard InChI is InChI=1S/C21H32O6/c1-12-7-15(16(10-17(12)24)21(3,27)11-22)20-18(25)8-14(9-19(20)26)6-4-5-13(2)23/h7-9,13,15-17,22-27H,4-6,10-11H2,1-3H3/t13?,15?,16-,17?,21?/m1/s1. The van der Waals surface area contributed by atoms with Gasteiger partial charge in [-0.05, 0) is 69.7 Å². The molecule has 27 heavy (non-hydrogen) atoms. The van der Waals surface area contributed by atoms with Crippen LogP contribution in [0.1, 0.15) is 57.1 Å². The lowest BCUT2D eigenvalue weighted by Crippen LogP contribution is -2.45. The monoisotopic (exact) mass is 380 g/mol. The van der Waals surface area contributed by atoms with Crippen molar-refractivity contribution in [3.05, 3.63) is 34.9 Å². The highest BCUT2D eigenvalue weighted by molar-refractivity contribution is 5.51. The lowest BCUT2D eigenvalue weighted by atomic mass is 9.68. The van der Waals surface area contributed by atoms with E-state index in [9.17, 15) is 30.6 Å². The zero-order chi connectivity index (χ0) is 20.4. The fraction of sp³-hybridized carbons (Fsp3) is 0.619. The van der Waals surface area contributed by atoms with Crippen LogP contribution in [-0.4, -0.2) is 55.1 Å². The van der Waals surface area contributed by atoms with Gasteiger partial charge < -0.3 is 30.6 Å². The van der Waals surface area contributed by atoms with Gasteiger partial charge in [0.05, 0.1) is 24.4 Å². The Labute approximate surface area is 160 Å². The predicted molar refractivity (Wildman–Crippen MR) is 103 cm³/mol. The smallest absolute Gasteiger partial charge is 0.123 e. The average Bonchev–Trinajstić information content (AvgIpc) is 2.56. The number of aryl methyl sites for hydroxylation is 1. The molecule has 0 aromatic heterocycles. The van der Waals surface area contributed by atoms with Crippen molar-refractivity contribution in [3.63, 3.8) is 0 Å². The first-order valence-corrected chi connectivity index (χ1v) is 9.49. The molecule has 1 aliphatic rings. The van der Waals surface area contributed by atoms with Gasteiger partial charge in [0.15, 0.2) is 0 Å². The van der Waals surface area contributed by atoms with E-state index < -0.39 is 36.3 Å². The Bertz CT molecular complexity index is 656. The van der Waals surface area contributed by atoms with Gasteiger partial charge in [-0.3, -0.25) is 0 Å². The molecule has 0 fully saturated rings. The number of phenols is 2. The molecule has 0 radical (unpaired) electrons. The van der Waals surface area contributed by atoms with Crippen LogP contribution >= 0.6 is 0 Å². The summed E-state index contributed by atoms with van der Waals surface area (Å²) in [5, 5.41) is 60.9. The molecule has 6 N–H and O–H groups in total. The van der Waals surface area contributed by atoms with E-state index in [0.717, 1.165) is 12.0 Å². The van der Waals surface area contributed by atoms with E-state index in [1.165, 1.54) is 6.92 Å². The quantitative estimate of drug-likeness (QED) is 0.402. The molecular weight excluding hydrogens is 348 g/mol. The molecule has 6 heteroatoms. The molecule has 0 aliphatic heterocycles. The molecule has 0 heterocycles. The van der Waals surface area contributed by atoms with Crippen molar-refractivity contribution in [1.29, 1.82) is 0 Å². The minimum absolute atomic E-state index is 0.0776. The van der Waals surface area contributed by atoms with Crippen LogP contribution in [0.4, 0.5) is 0 Å². The van der Waals surface area contributed by atoms with E-state index in [-0.39, 0.29) is 17.9 Å². The van der Waals surface area contributed by atoms with Crippen LogP contribution in [0.3, 0.4) is 0 Å². The molecule has 1 aromatic carbocycles. The lowest BCUT2D eigenvalue weighted by molar-refractivity contribution is -0.0662. The van der Waals surface area contributed by atoms with Gasteiger partial charge in [0, 0.05) is 17.4 Å². The van der Waals surface area contributed by atoms with Crippen molar-refractivity contribution in [2.45, 2.75) is 70.2 Å². The van der Waals surface area contributed by atoms with Gasteiger partial charge in [-0.2, -0.15) is 0 Å². The zero-order valence-electron chi connectivity index (χ0n) is 16.3. The normalized spacial score (nSPS) is 26.3. The molecule has 1 aromatic rings. The summed E-state index contributed by atoms with van der Waals surface area (Å²) < 4.78 is 0. The number of aliphatic hydroxyl groups is 4. The predicted octanol–water partition coefficient (Wildman–Crippen LogP) is 1.96. The fourth-order valence-electron chi connectivity index (χ4n) is 3.89. The summed E-state index contributed by atoms with van der Waals surface area (Å²) in [7, 11) is 0. The van der Waals surface area contributed by atoms with Crippen molar-refractivity contribution in [3.8, 4) is 11.5 Å². The summed E-state index contributed by atoms with van der Waals surface area (Å²) in [6, 6.07) is 3.19. The van der Waals surface area contributed by atoms with E-state index in [2.05, 4.69) is 0 Å². The molecule has 0 saturated carbocycles. The number of rotatable bonds is 7. The summed E-state index contributed by atoms with van der Waals surface area (Å²) in [4.78, 5) is 0. The summed E-state index contributed by atoms with van der Waals surface area (Å²) in [5.74, 6) is -1.27. The van der Waals surface area contributed by atoms with Gasteiger partial charge in [0.2, 0.25) is 0 Å². The maximum atomic E-state index is 10.6. The highest BCUT2D eigenvalue weighted by Gasteiger charge is 2.42. The summed E-state index contributed by atoms with van der Waals surface area (Å²) >= 11 is 0. The molecule has 0 amide bonds. The van der Waals surface area contributed by atoms with Crippen molar-refractivity contribution in [1.82, 2.24) is 0 Å². The van der Waals surface area contributed by atoms with E-state index in [1.54, 1.807) is 32.1 Å². The van der Waals surface area contributed by atoms with Crippen LogP contribution < -0.4 is 0 Å². The second-order valence-electron chi connectivity index (χ2n) is 8.10. The number of phenolic OH excluding ortho intramolecular Hbond substituents is 2. The number of aromatic hydroxyl groups is 2. The number of benzene rings is 1. The summed E-state index contributed by atoms with van der Waals surface area (Å²) in [6.07, 6.45) is 2.80.